The van der Waals surface area contributed by atoms with Gasteiger partial charge in [-0.1, -0.05) is 44.1 Å². The van der Waals surface area contributed by atoms with Crippen molar-refractivity contribution in [3.05, 3.63) is 23.3 Å². The molecule has 0 spiro atoms. The van der Waals surface area contributed by atoms with Crippen LogP contribution in [0.5, 0.6) is 0 Å². The van der Waals surface area contributed by atoms with Crippen LogP contribution in [0.25, 0.3) is 0 Å². The normalized spacial score (nSPS) is 24.7. The van der Waals surface area contributed by atoms with Gasteiger partial charge in [0.2, 0.25) is 0 Å². The largest absolute Gasteiger partial charge is 0.299 e. The lowest BCUT2D eigenvalue weighted by Crippen LogP contribution is -2.15. The topological polar surface area (TPSA) is 17.1 Å². The maximum absolute atomic E-state index is 11.8. The van der Waals surface area contributed by atoms with Gasteiger partial charge in [-0.2, -0.15) is 0 Å². The molecule has 0 heterocycles. The van der Waals surface area contributed by atoms with Crippen molar-refractivity contribution in [3.8, 4) is 0 Å². The number of Topliss-reactive ketones (excluding diaryl/α,β-unsaturated/α-hetero) is 1. The van der Waals surface area contributed by atoms with E-state index in [1.54, 1.807) is 0 Å². The van der Waals surface area contributed by atoms with Crippen molar-refractivity contribution in [2.75, 3.05) is 0 Å². The van der Waals surface area contributed by atoms with Gasteiger partial charge in [-0.15, -0.1) is 0 Å². The third kappa shape index (κ3) is 4.12. The Balaban J connectivity index is 2.48. The molecule has 1 heteroatoms. The van der Waals surface area contributed by atoms with Crippen molar-refractivity contribution < 1.29 is 4.79 Å². The number of hydrogen-bond donors (Lipinski definition) is 0. The predicted octanol–water partition coefficient (Wildman–Crippen LogP) is 5.07. The van der Waals surface area contributed by atoms with E-state index < -0.39 is 0 Å². The molecule has 0 aromatic heterocycles. The lowest BCUT2D eigenvalue weighted by atomic mass is 9.88. The molecule has 0 aromatic carbocycles. The van der Waals surface area contributed by atoms with E-state index in [1.165, 1.54) is 11.1 Å². The molecule has 1 atom stereocenters. The van der Waals surface area contributed by atoms with E-state index in [2.05, 4.69) is 46.8 Å². The van der Waals surface area contributed by atoms with Crippen molar-refractivity contribution in [2.45, 2.75) is 66.7 Å². The van der Waals surface area contributed by atoms with Crippen LogP contribution in [0, 0.1) is 11.3 Å². The lowest BCUT2D eigenvalue weighted by Gasteiger charge is -2.15. The van der Waals surface area contributed by atoms with Crippen LogP contribution in [0.3, 0.4) is 0 Å². The highest BCUT2D eigenvalue weighted by Gasteiger charge is 2.39. The molecular formula is C17H28O. The zero-order valence-electron chi connectivity index (χ0n) is 12.7. The molecule has 0 aliphatic heterocycles. The van der Waals surface area contributed by atoms with Gasteiger partial charge in [0.1, 0.15) is 5.78 Å². The standard InChI is InChI=1S/C17H28O/c1-6-8-13(2)9-7-10-14(3)15-11-16(18)17(4,5)12-15/h8,10,15H,6-7,9,11-12H2,1-5H3/b13-8+,14-10+. The third-order valence-electron chi connectivity index (χ3n) is 4.14. The monoisotopic (exact) mass is 248 g/mol. The number of carbonyl (C=O) groups excluding carboxylic acids is 1. The number of allylic oxidation sites excluding steroid dienone is 4. The fourth-order valence-corrected chi connectivity index (χ4v) is 2.77. The van der Waals surface area contributed by atoms with Crippen LogP contribution in [0.1, 0.15) is 66.7 Å². The Hall–Kier alpha value is -0.850. The molecule has 1 rings (SSSR count). The number of carbonyl (C=O) groups is 1. The fourth-order valence-electron chi connectivity index (χ4n) is 2.77. The summed E-state index contributed by atoms with van der Waals surface area (Å²) in [5.41, 5.74) is 2.79. The molecule has 102 valence electrons. The van der Waals surface area contributed by atoms with Crippen LogP contribution in [-0.2, 0) is 4.79 Å². The summed E-state index contributed by atoms with van der Waals surface area (Å²) >= 11 is 0. The summed E-state index contributed by atoms with van der Waals surface area (Å²) in [6.45, 7) is 10.7. The highest BCUT2D eigenvalue weighted by Crippen LogP contribution is 2.41. The van der Waals surface area contributed by atoms with Crippen LogP contribution >= 0.6 is 0 Å². The van der Waals surface area contributed by atoms with Gasteiger partial charge in [-0.05, 0) is 45.4 Å². The summed E-state index contributed by atoms with van der Waals surface area (Å²) in [6.07, 6.45) is 9.79. The van der Waals surface area contributed by atoms with Crippen molar-refractivity contribution in [2.24, 2.45) is 11.3 Å². The molecule has 0 bridgehead atoms. The Morgan fingerprint density at radius 2 is 2.00 bits per heavy atom. The molecule has 1 unspecified atom stereocenters. The lowest BCUT2D eigenvalue weighted by molar-refractivity contribution is -0.124. The molecular weight excluding hydrogens is 220 g/mol. The second-order valence-corrected chi connectivity index (χ2v) is 6.36. The highest BCUT2D eigenvalue weighted by atomic mass is 16.1. The summed E-state index contributed by atoms with van der Waals surface area (Å²) in [5.74, 6) is 0.922. The number of hydrogen-bond acceptors (Lipinski definition) is 1. The number of ketones is 1. The molecule has 1 aliphatic rings. The minimum Gasteiger partial charge on any atom is -0.299 e. The Morgan fingerprint density at radius 3 is 2.50 bits per heavy atom. The van der Waals surface area contributed by atoms with E-state index in [4.69, 9.17) is 0 Å². The van der Waals surface area contributed by atoms with E-state index in [-0.39, 0.29) is 5.41 Å². The van der Waals surface area contributed by atoms with Gasteiger partial charge in [0.25, 0.3) is 0 Å². The van der Waals surface area contributed by atoms with E-state index in [9.17, 15) is 4.79 Å². The second-order valence-electron chi connectivity index (χ2n) is 6.36. The zero-order valence-corrected chi connectivity index (χ0v) is 12.7. The van der Waals surface area contributed by atoms with Crippen LogP contribution in [0.2, 0.25) is 0 Å². The van der Waals surface area contributed by atoms with E-state index in [0.29, 0.717) is 11.7 Å². The Bertz CT molecular complexity index is 358. The molecule has 0 radical (unpaired) electrons. The number of rotatable bonds is 5. The van der Waals surface area contributed by atoms with Gasteiger partial charge in [0.05, 0.1) is 0 Å². The van der Waals surface area contributed by atoms with Gasteiger partial charge in [0, 0.05) is 11.8 Å². The van der Waals surface area contributed by atoms with Gasteiger partial charge in [0.15, 0.2) is 0 Å². The van der Waals surface area contributed by atoms with Crippen molar-refractivity contribution in [3.63, 3.8) is 0 Å². The van der Waals surface area contributed by atoms with Crippen molar-refractivity contribution in [1.29, 1.82) is 0 Å². The molecule has 0 aromatic rings. The predicted molar refractivity (Wildman–Crippen MR) is 78.6 cm³/mol. The average molecular weight is 248 g/mol. The molecule has 18 heavy (non-hydrogen) atoms. The SMILES string of the molecule is CC/C=C(\C)CC/C=C(\C)C1CC(=O)C(C)(C)C1. The van der Waals surface area contributed by atoms with Gasteiger partial charge >= 0.3 is 0 Å². The van der Waals surface area contributed by atoms with Crippen LogP contribution in [-0.4, -0.2) is 5.78 Å². The summed E-state index contributed by atoms with van der Waals surface area (Å²) in [6, 6.07) is 0. The quantitative estimate of drug-likeness (QED) is 0.620. The molecule has 0 saturated heterocycles. The second kappa shape index (κ2) is 6.36. The molecule has 1 fully saturated rings. The van der Waals surface area contributed by atoms with Crippen LogP contribution in [0.4, 0.5) is 0 Å². The van der Waals surface area contributed by atoms with Crippen molar-refractivity contribution >= 4 is 5.78 Å². The molecule has 0 N–H and O–H groups in total. The molecule has 1 nitrogen and oxygen atoms in total. The zero-order chi connectivity index (χ0) is 13.8. The van der Waals surface area contributed by atoms with Crippen molar-refractivity contribution in [1.82, 2.24) is 0 Å². The first-order valence-corrected chi connectivity index (χ1v) is 7.22. The first-order valence-electron chi connectivity index (χ1n) is 7.22. The first-order chi connectivity index (χ1) is 8.36. The first kappa shape index (κ1) is 15.2. The summed E-state index contributed by atoms with van der Waals surface area (Å²) in [4.78, 5) is 11.8. The minimum atomic E-state index is -0.0994. The van der Waals surface area contributed by atoms with Gasteiger partial charge in [-0.3, -0.25) is 4.79 Å². The minimum absolute atomic E-state index is 0.0994. The molecule has 0 amide bonds. The van der Waals surface area contributed by atoms with Gasteiger partial charge < -0.3 is 0 Å². The van der Waals surface area contributed by atoms with Gasteiger partial charge in [-0.25, -0.2) is 0 Å². The Labute approximate surface area is 112 Å². The maximum atomic E-state index is 11.8. The van der Waals surface area contributed by atoms with E-state index >= 15 is 0 Å². The fraction of sp³-hybridized carbons (Fsp3) is 0.706. The van der Waals surface area contributed by atoms with E-state index in [1.807, 2.05) is 0 Å². The van der Waals surface area contributed by atoms with Crippen LogP contribution in [0.15, 0.2) is 23.3 Å². The molecule has 1 aliphatic carbocycles. The third-order valence-corrected chi connectivity index (χ3v) is 4.14. The smallest absolute Gasteiger partial charge is 0.139 e. The van der Waals surface area contributed by atoms with E-state index in [0.717, 1.165) is 32.1 Å². The Kier molecular flexibility index (Phi) is 5.37. The summed E-state index contributed by atoms with van der Waals surface area (Å²) < 4.78 is 0. The molecule has 1 saturated carbocycles. The maximum Gasteiger partial charge on any atom is 0.139 e. The van der Waals surface area contributed by atoms with Crippen LogP contribution < -0.4 is 0 Å². The summed E-state index contributed by atoms with van der Waals surface area (Å²) in [5, 5.41) is 0. The summed E-state index contributed by atoms with van der Waals surface area (Å²) in [7, 11) is 0. The average Bonchev–Trinajstić information content (AvgIpc) is 2.54. The Morgan fingerprint density at radius 1 is 1.33 bits per heavy atom. The highest BCUT2D eigenvalue weighted by molar-refractivity contribution is 5.86.